The van der Waals surface area contributed by atoms with E-state index in [1.807, 2.05) is 30.3 Å². The first-order valence-electron chi connectivity index (χ1n) is 11.1. The number of halogens is 1. The molecule has 3 aromatic rings. The highest BCUT2D eigenvalue weighted by molar-refractivity contribution is 7.43. The van der Waals surface area contributed by atoms with Crippen molar-refractivity contribution in [2.75, 3.05) is 7.11 Å². The largest absolute Gasteiger partial charge is 0.480 e. The average molecular weight is 493 g/mol. The lowest BCUT2D eigenvalue weighted by molar-refractivity contribution is -0.145. The predicted octanol–water partition coefficient (Wildman–Crippen LogP) is 5.22. The molecule has 2 aromatic carbocycles. The fraction of sp³-hybridized carbons (Fsp3) is 0.259. The number of nitrogens with zero attached hydrogens (tertiary/aromatic N) is 1. The van der Waals surface area contributed by atoms with Crippen LogP contribution in [0.1, 0.15) is 36.9 Å². The quantitative estimate of drug-likeness (QED) is 0.330. The second kappa shape index (κ2) is 9.39. The maximum Gasteiger partial charge on any atom is 0.335 e. The van der Waals surface area contributed by atoms with Crippen molar-refractivity contribution in [3.8, 4) is 34.7 Å². The topological polar surface area (TPSA) is 96.7 Å². The lowest BCUT2D eigenvalue weighted by Crippen LogP contribution is -2.53. The van der Waals surface area contributed by atoms with E-state index in [1.54, 1.807) is 6.07 Å². The Hall–Kier alpha value is -3.30. The van der Waals surface area contributed by atoms with E-state index in [9.17, 15) is 24.0 Å². The van der Waals surface area contributed by atoms with Crippen molar-refractivity contribution in [2.24, 2.45) is 0 Å². The van der Waals surface area contributed by atoms with Crippen molar-refractivity contribution >= 4 is 14.0 Å². The summed E-state index contributed by atoms with van der Waals surface area (Å²) in [4.78, 5) is 17.4. The number of benzene rings is 2. The third kappa shape index (κ3) is 4.19. The molecule has 1 aliphatic carbocycles. The number of aliphatic carboxylic acids is 1. The third-order valence-electron chi connectivity index (χ3n) is 6.48. The maximum absolute atomic E-state index is 13.8. The molecule has 4 rings (SSSR count). The van der Waals surface area contributed by atoms with Crippen LogP contribution >= 0.6 is 8.03 Å². The Morgan fingerprint density at radius 2 is 1.80 bits per heavy atom. The first-order chi connectivity index (χ1) is 16.7. The van der Waals surface area contributed by atoms with Gasteiger partial charge in [-0.2, -0.15) is 0 Å². The predicted molar refractivity (Wildman–Crippen MR) is 132 cm³/mol. The molecule has 6 nitrogen and oxygen atoms in total. The standard InChI is InChI=1S/C27H25FNO5P/c1-4-27(25(30)31,35(33)34-3)26(2,32)23-21(17-12-14-20(28)15-13-17)16-22(18-8-6-5-7-9-18)29-24(23)19-10-11-19/h1,5-9,12-16,19,32,35H,10-11H2,2-3H3,(H,30,31). The Morgan fingerprint density at radius 3 is 2.31 bits per heavy atom. The van der Waals surface area contributed by atoms with Gasteiger partial charge in [0, 0.05) is 24.2 Å². The molecule has 1 aliphatic rings. The number of rotatable bonds is 8. The van der Waals surface area contributed by atoms with Gasteiger partial charge in [0.25, 0.3) is 0 Å². The number of aliphatic hydroxyl groups is 1. The monoisotopic (exact) mass is 493 g/mol. The van der Waals surface area contributed by atoms with Gasteiger partial charge in [-0.15, -0.1) is 6.42 Å². The van der Waals surface area contributed by atoms with Crippen molar-refractivity contribution in [1.29, 1.82) is 0 Å². The van der Waals surface area contributed by atoms with Gasteiger partial charge in [-0.1, -0.05) is 48.4 Å². The molecule has 1 aromatic heterocycles. The SMILES string of the molecule is C#CC(C(=O)O)([PH](=O)OC)C(C)(O)c1c(-c2ccc(F)cc2)cc(-c2ccccc2)nc1C1CC1. The molecule has 1 heterocycles. The summed E-state index contributed by atoms with van der Waals surface area (Å²) in [5, 5.41) is 19.6. The molecule has 0 bridgehead atoms. The second-order valence-corrected chi connectivity index (χ2v) is 10.5. The van der Waals surface area contributed by atoms with Crippen molar-refractivity contribution in [1.82, 2.24) is 4.98 Å². The van der Waals surface area contributed by atoms with Crippen LogP contribution in [0.2, 0.25) is 0 Å². The number of carboxylic acids is 1. The first-order valence-corrected chi connectivity index (χ1v) is 12.4. The van der Waals surface area contributed by atoms with E-state index >= 15 is 0 Å². The third-order valence-corrected chi connectivity index (χ3v) is 8.31. The summed E-state index contributed by atoms with van der Waals surface area (Å²) in [7, 11) is -2.40. The van der Waals surface area contributed by atoms with E-state index < -0.39 is 30.6 Å². The van der Waals surface area contributed by atoms with Crippen LogP contribution in [0.15, 0.2) is 60.7 Å². The van der Waals surface area contributed by atoms with Gasteiger partial charge in [0.1, 0.15) is 11.4 Å². The van der Waals surface area contributed by atoms with Crippen molar-refractivity contribution in [3.63, 3.8) is 0 Å². The smallest absolute Gasteiger partial charge is 0.335 e. The summed E-state index contributed by atoms with van der Waals surface area (Å²) in [5.74, 6) is -0.0452. The molecule has 0 radical (unpaired) electrons. The van der Waals surface area contributed by atoms with Gasteiger partial charge >= 0.3 is 5.97 Å². The molecular weight excluding hydrogens is 468 g/mol. The van der Waals surface area contributed by atoms with Crippen molar-refractivity contribution in [2.45, 2.75) is 36.4 Å². The van der Waals surface area contributed by atoms with Crippen LogP contribution in [-0.2, 0) is 19.5 Å². The van der Waals surface area contributed by atoms with Crippen LogP contribution in [0.5, 0.6) is 0 Å². The fourth-order valence-electron chi connectivity index (χ4n) is 4.44. The highest BCUT2D eigenvalue weighted by Crippen LogP contribution is 2.56. The molecule has 180 valence electrons. The van der Waals surface area contributed by atoms with E-state index in [1.165, 1.54) is 31.2 Å². The Labute approximate surface area is 203 Å². The van der Waals surface area contributed by atoms with Crippen LogP contribution in [0.4, 0.5) is 4.39 Å². The number of carboxylic acid groups (broad SMARTS) is 1. The lowest BCUT2D eigenvalue weighted by atomic mass is 9.76. The van der Waals surface area contributed by atoms with Gasteiger partial charge in [0.05, 0.1) is 11.4 Å². The van der Waals surface area contributed by atoms with Gasteiger partial charge in [-0.3, -0.25) is 9.55 Å². The molecule has 0 saturated heterocycles. The van der Waals surface area contributed by atoms with Gasteiger partial charge < -0.3 is 14.7 Å². The number of carbonyl (C=O) groups is 1. The number of aromatic nitrogens is 1. The summed E-state index contributed by atoms with van der Waals surface area (Å²) in [6, 6.07) is 16.7. The number of terminal acetylenes is 1. The van der Waals surface area contributed by atoms with E-state index in [-0.39, 0.29) is 11.5 Å². The zero-order valence-electron chi connectivity index (χ0n) is 19.3. The normalized spacial score (nSPS) is 17.6. The van der Waals surface area contributed by atoms with E-state index in [0.717, 1.165) is 25.5 Å². The number of pyridine rings is 1. The Balaban J connectivity index is 2.11. The summed E-state index contributed by atoms with van der Waals surface area (Å²) in [6.45, 7) is 1.24. The minimum atomic E-state index is -3.49. The van der Waals surface area contributed by atoms with Crippen LogP contribution < -0.4 is 0 Å². The highest BCUT2D eigenvalue weighted by atomic mass is 31.1. The molecule has 3 atom stereocenters. The van der Waals surface area contributed by atoms with Crippen LogP contribution in [-0.4, -0.2) is 33.4 Å². The lowest BCUT2D eigenvalue weighted by Gasteiger charge is -2.39. The molecule has 0 amide bonds. The molecule has 35 heavy (non-hydrogen) atoms. The van der Waals surface area contributed by atoms with Crippen molar-refractivity contribution < 1.29 is 28.5 Å². The molecule has 1 saturated carbocycles. The van der Waals surface area contributed by atoms with Crippen LogP contribution in [0, 0.1) is 18.2 Å². The molecular formula is C27H25FNO5P. The summed E-state index contributed by atoms with van der Waals surface area (Å²) in [6.07, 6.45) is 7.23. The fourth-order valence-corrected chi connectivity index (χ4v) is 5.56. The minimum Gasteiger partial charge on any atom is -0.480 e. The van der Waals surface area contributed by atoms with E-state index in [2.05, 4.69) is 5.92 Å². The van der Waals surface area contributed by atoms with E-state index in [4.69, 9.17) is 15.9 Å². The second-order valence-electron chi connectivity index (χ2n) is 8.73. The van der Waals surface area contributed by atoms with Gasteiger partial charge in [-0.05, 0) is 49.1 Å². The number of hydrogen-bond acceptors (Lipinski definition) is 5. The molecule has 2 N–H and O–H groups in total. The minimum absolute atomic E-state index is 0.0477. The zero-order valence-corrected chi connectivity index (χ0v) is 20.3. The Kier molecular flexibility index (Phi) is 6.66. The molecule has 3 unspecified atom stereocenters. The van der Waals surface area contributed by atoms with Gasteiger partial charge in [0.2, 0.25) is 13.2 Å². The maximum atomic E-state index is 13.8. The van der Waals surface area contributed by atoms with Crippen LogP contribution in [0.3, 0.4) is 0 Å². The summed E-state index contributed by atoms with van der Waals surface area (Å²) < 4.78 is 31.7. The van der Waals surface area contributed by atoms with Gasteiger partial charge in [-0.25, -0.2) is 9.18 Å². The highest BCUT2D eigenvalue weighted by Gasteiger charge is 2.61. The van der Waals surface area contributed by atoms with Crippen molar-refractivity contribution in [3.05, 3.63) is 77.7 Å². The zero-order chi connectivity index (χ0) is 25.4. The number of hydrogen-bond donors (Lipinski definition) is 2. The summed E-state index contributed by atoms with van der Waals surface area (Å²) in [5.41, 5.74) is 0.658. The first kappa shape index (κ1) is 24.8. The average Bonchev–Trinajstić information content (AvgIpc) is 3.70. The molecule has 8 heteroatoms. The van der Waals surface area contributed by atoms with E-state index in [0.29, 0.717) is 22.5 Å². The van der Waals surface area contributed by atoms with Crippen LogP contribution in [0.25, 0.3) is 22.4 Å². The van der Waals surface area contributed by atoms with Gasteiger partial charge in [0.15, 0.2) is 0 Å². The molecule has 0 spiro atoms. The Morgan fingerprint density at radius 1 is 1.17 bits per heavy atom. The summed E-state index contributed by atoms with van der Waals surface area (Å²) >= 11 is 0. The Bertz CT molecular complexity index is 1330. The molecule has 0 aliphatic heterocycles. The molecule has 1 fully saturated rings.